The number of hydroxylamine groups is 2. The van der Waals surface area contributed by atoms with Crippen LogP contribution in [0.5, 0.6) is 0 Å². The fourth-order valence-electron chi connectivity index (χ4n) is 0.806. The first-order valence-corrected chi connectivity index (χ1v) is 3.90. The van der Waals surface area contributed by atoms with E-state index in [-0.39, 0.29) is 0 Å². The van der Waals surface area contributed by atoms with E-state index in [0.29, 0.717) is 6.54 Å². The number of hydrogen-bond acceptors (Lipinski definition) is 2. The third kappa shape index (κ3) is 1.41. The Bertz CT molecular complexity index is 208. The van der Waals surface area contributed by atoms with Crippen molar-refractivity contribution in [3.8, 4) is 0 Å². The van der Waals surface area contributed by atoms with Gasteiger partial charge in [-0.3, -0.25) is 10.3 Å². The van der Waals surface area contributed by atoms with Crippen molar-refractivity contribution in [2.45, 2.75) is 13.8 Å². The monoisotopic (exact) mass is 203 g/mol. The highest BCUT2D eigenvalue weighted by molar-refractivity contribution is 9.11. The molecule has 0 amide bonds. The molecule has 0 aromatic heterocycles. The maximum Gasteiger partial charge on any atom is 0.0671 e. The van der Waals surface area contributed by atoms with Crippen LogP contribution in [-0.4, -0.2) is 16.8 Å². The van der Waals surface area contributed by atoms with Crippen LogP contribution in [0.3, 0.4) is 0 Å². The maximum absolute atomic E-state index is 9.18. The van der Waals surface area contributed by atoms with E-state index in [1.54, 1.807) is 0 Å². The summed E-state index contributed by atoms with van der Waals surface area (Å²) < 4.78 is 1.08. The third-order valence-electron chi connectivity index (χ3n) is 1.54. The molecular formula is C7H10BrNO. The van der Waals surface area contributed by atoms with Gasteiger partial charge in [0.1, 0.15) is 0 Å². The molecule has 0 bridgehead atoms. The van der Waals surface area contributed by atoms with Crippen LogP contribution in [0.4, 0.5) is 0 Å². The Hall–Kier alpha value is -0.280. The third-order valence-corrected chi connectivity index (χ3v) is 2.44. The Balaban J connectivity index is 2.88. The molecule has 0 fully saturated rings. The molecule has 0 spiro atoms. The lowest BCUT2D eigenvalue weighted by Crippen LogP contribution is -2.22. The summed E-state index contributed by atoms with van der Waals surface area (Å²) in [5.41, 5.74) is 2.02. The van der Waals surface area contributed by atoms with Gasteiger partial charge in [-0.1, -0.05) is 15.9 Å². The first-order valence-electron chi connectivity index (χ1n) is 3.11. The fraction of sp³-hybridized carbons (Fsp3) is 0.429. The average Bonchev–Trinajstić information content (AvgIpc) is 1.84. The highest BCUT2D eigenvalue weighted by Crippen LogP contribution is 2.22. The smallest absolute Gasteiger partial charge is 0.0671 e. The van der Waals surface area contributed by atoms with E-state index in [1.807, 2.05) is 19.9 Å². The molecule has 0 aliphatic carbocycles. The normalized spacial score (nSPS) is 19.6. The van der Waals surface area contributed by atoms with Crippen LogP contribution in [0.2, 0.25) is 0 Å². The predicted molar refractivity (Wildman–Crippen MR) is 43.9 cm³/mol. The van der Waals surface area contributed by atoms with Gasteiger partial charge in [-0.2, -0.15) is 0 Å². The Labute approximate surface area is 68.9 Å². The zero-order valence-corrected chi connectivity index (χ0v) is 7.64. The molecule has 1 aliphatic rings. The standard InChI is InChI=1S/C7H10BrNO/c1-5-4-9(10)6(2)3-7(5)8/h3,10H,4H2,1-2H3. The topological polar surface area (TPSA) is 23.5 Å². The molecule has 2 nitrogen and oxygen atoms in total. The van der Waals surface area contributed by atoms with Crippen LogP contribution in [0.1, 0.15) is 13.8 Å². The summed E-state index contributed by atoms with van der Waals surface area (Å²) in [6.07, 6.45) is 1.90. The van der Waals surface area contributed by atoms with Crippen LogP contribution < -0.4 is 0 Å². The maximum atomic E-state index is 9.18. The molecule has 0 aromatic carbocycles. The Morgan fingerprint density at radius 2 is 2.20 bits per heavy atom. The van der Waals surface area contributed by atoms with Crippen molar-refractivity contribution < 1.29 is 5.21 Å². The quantitative estimate of drug-likeness (QED) is 0.654. The van der Waals surface area contributed by atoms with E-state index < -0.39 is 0 Å². The van der Waals surface area contributed by atoms with Gasteiger partial charge in [-0.15, -0.1) is 0 Å². The van der Waals surface area contributed by atoms with Crippen LogP contribution in [0, 0.1) is 0 Å². The van der Waals surface area contributed by atoms with Crippen LogP contribution in [0.15, 0.2) is 21.8 Å². The number of allylic oxidation sites excluding steroid dienone is 3. The summed E-state index contributed by atoms with van der Waals surface area (Å²) in [6.45, 7) is 4.45. The lowest BCUT2D eigenvalue weighted by atomic mass is 10.2. The van der Waals surface area contributed by atoms with Gasteiger partial charge in [-0.05, 0) is 25.5 Å². The van der Waals surface area contributed by atoms with Crippen molar-refractivity contribution in [1.82, 2.24) is 5.06 Å². The average molecular weight is 204 g/mol. The van der Waals surface area contributed by atoms with Crippen molar-refractivity contribution in [2.75, 3.05) is 6.54 Å². The van der Waals surface area contributed by atoms with E-state index in [9.17, 15) is 5.21 Å². The van der Waals surface area contributed by atoms with Gasteiger partial charge in [0.2, 0.25) is 0 Å². The molecule has 56 valence electrons. The summed E-state index contributed by atoms with van der Waals surface area (Å²) in [5.74, 6) is 0. The van der Waals surface area contributed by atoms with E-state index in [4.69, 9.17) is 0 Å². The molecule has 1 aliphatic heterocycles. The summed E-state index contributed by atoms with van der Waals surface area (Å²) in [4.78, 5) is 0. The largest absolute Gasteiger partial charge is 0.288 e. The van der Waals surface area contributed by atoms with E-state index >= 15 is 0 Å². The van der Waals surface area contributed by atoms with Crippen molar-refractivity contribution in [2.24, 2.45) is 0 Å². The molecule has 0 saturated carbocycles. The first-order chi connectivity index (χ1) is 4.61. The molecular weight excluding hydrogens is 194 g/mol. The highest BCUT2D eigenvalue weighted by atomic mass is 79.9. The van der Waals surface area contributed by atoms with Gasteiger partial charge in [0, 0.05) is 10.2 Å². The zero-order chi connectivity index (χ0) is 7.72. The summed E-state index contributed by atoms with van der Waals surface area (Å²) in [6, 6.07) is 0. The van der Waals surface area contributed by atoms with Crippen LogP contribution in [-0.2, 0) is 0 Å². The Morgan fingerprint density at radius 3 is 2.70 bits per heavy atom. The van der Waals surface area contributed by atoms with Crippen LogP contribution in [0.25, 0.3) is 0 Å². The molecule has 1 rings (SSSR count). The highest BCUT2D eigenvalue weighted by Gasteiger charge is 2.10. The summed E-state index contributed by atoms with van der Waals surface area (Å²) in [7, 11) is 0. The van der Waals surface area contributed by atoms with E-state index in [1.165, 1.54) is 5.06 Å². The number of nitrogens with zero attached hydrogens (tertiary/aromatic N) is 1. The molecule has 0 aromatic rings. The molecule has 1 heterocycles. The van der Waals surface area contributed by atoms with Crippen molar-refractivity contribution >= 4 is 15.9 Å². The minimum atomic E-state index is 0.600. The number of hydrogen-bond donors (Lipinski definition) is 1. The molecule has 10 heavy (non-hydrogen) atoms. The van der Waals surface area contributed by atoms with E-state index in [2.05, 4.69) is 15.9 Å². The van der Waals surface area contributed by atoms with Gasteiger partial charge in [0.05, 0.1) is 6.54 Å². The van der Waals surface area contributed by atoms with Gasteiger partial charge >= 0.3 is 0 Å². The van der Waals surface area contributed by atoms with Gasteiger partial charge in [-0.25, -0.2) is 0 Å². The molecule has 0 radical (unpaired) electrons. The SMILES string of the molecule is CC1=CC(Br)=C(C)CN1O. The molecule has 0 atom stereocenters. The van der Waals surface area contributed by atoms with Crippen molar-refractivity contribution in [3.63, 3.8) is 0 Å². The van der Waals surface area contributed by atoms with Gasteiger partial charge in [0.15, 0.2) is 0 Å². The first kappa shape index (κ1) is 7.82. The summed E-state index contributed by atoms with van der Waals surface area (Å²) >= 11 is 3.39. The molecule has 3 heteroatoms. The molecule has 0 saturated heterocycles. The fourth-order valence-corrected chi connectivity index (χ4v) is 1.26. The Morgan fingerprint density at radius 1 is 1.60 bits per heavy atom. The molecule has 0 unspecified atom stereocenters. The second-order valence-corrected chi connectivity index (χ2v) is 3.33. The predicted octanol–water partition coefficient (Wildman–Crippen LogP) is 2.26. The second kappa shape index (κ2) is 2.76. The Kier molecular flexibility index (Phi) is 2.16. The van der Waals surface area contributed by atoms with Crippen molar-refractivity contribution in [3.05, 3.63) is 21.8 Å². The number of halogens is 1. The lowest BCUT2D eigenvalue weighted by molar-refractivity contribution is -0.0476. The zero-order valence-electron chi connectivity index (χ0n) is 6.06. The minimum absolute atomic E-state index is 0.600. The number of rotatable bonds is 0. The lowest BCUT2D eigenvalue weighted by Gasteiger charge is -2.22. The minimum Gasteiger partial charge on any atom is -0.288 e. The van der Waals surface area contributed by atoms with Crippen molar-refractivity contribution in [1.29, 1.82) is 0 Å². The van der Waals surface area contributed by atoms with Gasteiger partial charge in [0.25, 0.3) is 0 Å². The van der Waals surface area contributed by atoms with Gasteiger partial charge < -0.3 is 0 Å². The summed E-state index contributed by atoms with van der Waals surface area (Å²) in [5, 5.41) is 10.4. The second-order valence-electron chi connectivity index (χ2n) is 2.47. The van der Waals surface area contributed by atoms with E-state index in [0.717, 1.165) is 15.8 Å². The molecule has 1 N–H and O–H groups in total. The van der Waals surface area contributed by atoms with Crippen LogP contribution >= 0.6 is 15.9 Å².